The standard InChI is InChI=1S/C9H9ClO3/c1-6(12)13-9-4-7(5-11)2-3-8(9)10/h2-4,11H,5H2,1H3. The van der Waals surface area contributed by atoms with E-state index < -0.39 is 5.97 Å². The van der Waals surface area contributed by atoms with Gasteiger partial charge in [0.25, 0.3) is 0 Å². The van der Waals surface area contributed by atoms with Crippen LogP contribution in [-0.2, 0) is 11.4 Å². The Hall–Kier alpha value is -1.06. The second kappa shape index (κ2) is 4.25. The summed E-state index contributed by atoms with van der Waals surface area (Å²) < 4.78 is 4.81. The summed E-state index contributed by atoms with van der Waals surface area (Å²) in [5, 5.41) is 9.16. The van der Waals surface area contributed by atoms with E-state index in [2.05, 4.69) is 0 Å². The van der Waals surface area contributed by atoms with Crippen LogP contribution < -0.4 is 4.74 Å². The maximum atomic E-state index is 10.6. The maximum Gasteiger partial charge on any atom is 0.308 e. The fourth-order valence-electron chi connectivity index (χ4n) is 0.879. The predicted molar refractivity (Wildman–Crippen MR) is 48.7 cm³/mol. The summed E-state index contributed by atoms with van der Waals surface area (Å²) in [6.45, 7) is 1.19. The molecule has 0 aromatic heterocycles. The Kier molecular flexibility index (Phi) is 3.28. The van der Waals surface area contributed by atoms with Crippen LogP contribution in [-0.4, -0.2) is 11.1 Å². The molecule has 0 aliphatic rings. The zero-order valence-corrected chi connectivity index (χ0v) is 7.84. The molecule has 1 N–H and O–H groups in total. The lowest BCUT2D eigenvalue weighted by molar-refractivity contribution is -0.131. The van der Waals surface area contributed by atoms with Crippen LogP contribution in [0.5, 0.6) is 5.75 Å². The molecule has 70 valence electrons. The lowest BCUT2D eigenvalue weighted by Crippen LogP contribution is -2.02. The van der Waals surface area contributed by atoms with Gasteiger partial charge in [0.1, 0.15) is 5.75 Å². The molecule has 0 spiro atoms. The van der Waals surface area contributed by atoms with Crippen molar-refractivity contribution in [2.24, 2.45) is 0 Å². The summed E-state index contributed by atoms with van der Waals surface area (Å²) in [6.07, 6.45) is 0. The molecule has 0 amide bonds. The molecule has 0 atom stereocenters. The zero-order valence-electron chi connectivity index (χ0n) is 7.08. The number of aliphatic hydroxyl groups is 1. The summed E-state index contributed by atoms with van der Waals surface area (Å²) in [6, 6.07) is 4.77. The average Bonchev–Trinajstić information content (AvgIpc) is 2.08. The van der Waals surface area contributed by atoms with Crippen LogP contribution >= 0.6 is 11.6 Å². The second-order valence-electron chi connectivity index (χ2n) is 2.52. The SMILES string of the molecule is CC(=O)Oc1cc(CO)ccc1Cl. The molecule has 0 bridgehead atoms. The van der Waals surface area contributed by atoms with Gasteiger partial charge in [-0.1, -0.05) is 17.7 Å². The fourth-order valence-corrected chi connectivity index (χ4v) is 1.04. The molecule has 1 aromatic carbocycles. The van der Waals surface area contributed by atoms with Gasteiger partial charge in [0.2, 0.25) is 0 Å². The fraction of sp³-hybridized carbons (Fsp3) is 0.222. The van der Waals surface area contributed by atoms with Crippen molar-refractivity contribution in [3.8, 4) is 5.75 Å². The van der Waals surface area contributed by atoms with Gasteiger partial charge < -0.3 is 9.84 Å². The third-order valence-corrected chi connectivity index (χ3v) is 1.74. The number of rotatable bonds is 2. The first-order valence-electron chi connectivity index (χ1n) is 3.71. The van der Waals surface area contributed by atoms with Gasteiger partial charge in [0.05, 0.1) is 11.6 Å². The van der Waals surface area contributed by atoms with E-state index in [9.17, 15) is 4.79 Å². The van der Waals surface area contributed by atoms with Gasteiger partial charge in [-0.3, -0.25) is 4.79 Å². The van der Waals surface area contributed by atoms with Crippen molar-refractivity contribution in [2.45, 2.75) is 13.5 Å². The highest BCUT2D eigenvalue weighted by Gasteiger charge is 2.04. The van der Waals surface area contributed by atoms with Crippen molar-refractivity contribution in [3.63, 3.8) is 0 Å². The van der Waals surface area contributed by atoms with Crippen molar-refractivity contribution in [3.05, 3.63) is 28.8 Å². The van der Waals surface area contributed by atoms with Crippen molar-refractivity contribution >= 4 is 17.6 Å². The van der Waals surface area contributed by atoms with Gasteiger partial charge in [-0.25, -0.2) is 0 Å². The molecule has 0 unspecified atom stereocenters. The van der Waals surface area contributed by atoms with E-state index >= 15 is 0 Å². The van der Waals surface area contributed by atoms with E-state index in [-0.39, 0.29) is 12.4 Å². The van der Waals surface area contributed by atoms with Gasteiger partial charge in [0.15, 0.2) is 0 Å². The van der Waals surface area contributed by atoms with Crippen molar-refractivity contribution in [1.29, 1.82) is 0 Å². The minimum atomic E-state index is -0.433. The number of hydrogen-bond donors (Lipinski definition) is 1. The van der Waals surface area contributed by atoms with Crippen LogP contribution in [0.3, 0.4) is 0 Å². The van der Waals surface area contributed by atoms with Crippen molar-refractivity contribution in [1.82, 2.24) is 0 Å². The van der Waals surface area contributed by atoms with Gasteiger partial charge in [-0.05, 0) is 17.7 Å². The first-order chi connectivity index (χ1) is 6.13. The number of aliphatic hydroxyl groups excluding tert-OH is 1. The van der Waals surface area contributed by atoms with Crippen molar-refractivity contribution < 1.29 is 14.6 Å². The van der Waals surface area contributed by atoms with Gasteiger partial charge >= 0.3 is 5.97 Å². The molecular weight excluding hydrogens is 192 g/mol. The number of carbonyl (C=O) groups is 1. The highest BCUT2D eigenvalue weighted by molar-refractivity contribution is 6.32. The summed E-state index contributed by atoms with van der Waals surface area (Å²) >= 11 is 5.74. The van der Waals surface area contributed by atoms with Crippen LogP contribution in [0.25, 0.3) is 0 Å². The molecule has 0 heterocycles. The van der Waals surface area contributed by atoms with Crippen LogP contribution in [0.1, 0.15) is 12.5 Å². The van der Waals surface area contributed by atoms with E-state index in [1.165, 1.54) is 13.0 Å². The van der Waals surface area contributed by atoms with E-state index in [1.54, 1.807) is 12.1 Å². The molecule has 0 saturated heterocycles. The first kappa shape index (κ1) is 10.0. The maximum absolute atomic E-state index is 10.6. The summed E-state index contributed by atoms with van der Waals surface area (Å²) in [4.78, 5) is 10.6. The largest absolute Gasteiger partial charge is 0.425 e. The third-order valence-electron chi connectivity index (χ3n) is 1.43. The number of carbonyl (C=O) groups excluding carboxylic acids is 1. The van der Waals surface area contributed by atoms with Gasteiger partial charge in [-0.15, -0.1) is 0 Å². The smallest absolute Gasteiger partial charge is 0.308 e. The van der Waals surface area contributed by atoms with Crippen LogP contribution in [0, 0.1) is 0 Å². The average molecular weight is 201 g/mol. The molecule has 0 fully saturated rings. The second-order valence-corrected chi connectivity index (χ2v) is 2.92. The molecule has 1 aromatic rings. The number of halogens is 1. The van der Waals surface area contributed by atoms with Crippen LogP contribution in [0.15, 0.2) is 18.2 Å². The normalized spacial score (nSPS) is 9.77. The lowest BCUT2D eigenvalue weighted by Gasteiger charge is -2.04. The lowest BCUT2D eigenvalue weighted by atomic mass is 10.2. The summed E-state index contributed by atoms with van der Waals surface area (Å²) in [5.74, 6) is -0.155. The minimum absolute atomic E-state index is 0.106. The topological polar surface area (TPSA) is 46.5 Å². The molecule has 0 saturated carbocycles. The Balaban J connectivity index is 2.96. The van der Waals surface area contributed by atoms with Gasteiger partial charge in [-0.2, -0.15) is 0 Å². The Bertz CT molecular complexity index is 323. The third kappa shape index (κ3) is 2.72. The molecule has 0 aliphatic carbocycles. The molecule has 13 heavy (non-hydrogen) atoms. The molecule has 0 radical (unpaired) electrons. The Morgan fingerprint density at radius 2 is 2.31 bits per heavy atom. The predicted octanol–water partition coefficient (Wildman–Crippen LogP) is 1.76. The Morgan fingerprint density at radius 3 is 2.85 bits per heavy atom. The number of benzene rings is 1. The number of hydrogen-bond acceptors (Lipinski definition) is 3. The van der Waals surface area contributed by atoms with E-state index in [0.717, 1.165) is 0 Å². The number of ether oxygens (including phenoxy) is 1. The molecule has 4 heteroatoms. The van der Waals surface area contributed by atoms with Gasteiger partial charge in [0, 0.05) is 6.92 Å². The molecule has 3 nitrogen and oxygen atoms in total. The van der Waals surface area contributed by atoms with E-state index in [0.29, 0.717) is 10.6 Å². The molecular formula is C9H9ClO3. The quantitative estimate of drug-likeness (QED) is 0.585. The molecule has 1 rings (SSSR count). The van der Waals surface area contributed by atoms with Crippen LogP contribution in [0.2, 0.25) is 5.02 Å². The van der Waals surface area contributed by atoms with E-state index in [1.807, 2.05) is 0 Å². The summed E-state index contributed by atoms with van der Waals surface area (Å²) in [7, 11) is 0. The van der Waals surface area contributed by atoms with Crippen molar-refractivity contribution in [2.75, 3.05) is 0 Å². The minimum Gasteiger partial charge on any atom is -0.425 e. The Labute approximate surface area is 80.9 Å². The summed E-state index contributed by atoms with van der Waals surface area (Å²) in [5.41, 5.74) is 0.653. The molecule has 0 aliphatic heterocycles. The highest BCUT2D eigenvalue weighted by Crippen LogP contribution is 2.25. The first-order valence-corrected chi connectivity index (χ1v) is 4.09. The monoisotopic (exact) mass is 200 g/mol. The van der Waals surface area contributed by atoms with E-state index in [4.69, 9.17) is 21.4 Å². The Morgan fingerprint density at radius 1 is 1.62 bits per heavy atom. The highest BCUT2D eigenvalue weighted by atomic mass is 35.5. The number of esters is 1. The van der Waals surface area contributed by atoms with Crippen LogP contribution in [0.4, 0.5) is 0 Å². The zero-order chi connectivity index (χ0) is 9.84.